The van der Waals surface area contributed by atoms with Crippen LogP contribution in [0, 0.1) is 0 Å². The molecule has 0 saturated carbocycles. The van der Waals surface area contributed by atoms with E-state index in [2.05, 4.69) is 28.0 Å². The lowest BCUT2D eigenvalue weighted by atomic mass is 10.0. The number of piperazine rings is 1. The summed E-state index contributed by atoms with van der Waals surface area (Å²) in [5.41, 5.74) is 2.13. The quantitative estimate of drug-likeness (QED) is 0.190. The Labute approximate surface area is 260 Å². The largest absolute Gasteiger partial charge is 0.496 e. The summed E-state index contributed by atoms with van der Waals surface area (Å²) in [6.07, 6.45) is 2.26. The minimum atomic E-state index is -1.26. The highest BCUT2D eigenvalue weighted by Gasteiger charge is 2.21. The third kappa shape index (κ3) is 17.6. The van der Waals surface area contributed by atoms with Gasteiger partial charge in [0.2, 0.25) is 0 Å². The van der Waals surface area contributed by atoms with Crippen molar-refractivity contribution in [3.8, 4) is 5.75 Å². The Kier molecular flexibility index (Phi) is 18.2. The van der Waals surface area contributed by atoms with E-state index in [1.165, 1.54) is 0 Å². The molecule has 14 heteroatoms. The fourth-order valence-corrected chi connectivity index (χ4v) is 3.95. The summed E-state index contributed by atoms with van der Waals surface area (Å²) in [6, 6.07) is 18.2. The maximum Gasteiger partial charge on any atom is 0.328 e. The van der Waals surface area contributed by atoms with Gasteiger partial charge in [-0.15, -0.1) is 0 Å². The van der Waals surface area contributed by atoms with Gasteiger partial charge in [0.05, 0.1) is 20.1 Å². The van der Waals surface area contributed by atoms with Crippen molar-refractivity contribution in [1.82, 2.24) is 9.80 Å². The molecule has 1 atom stereocenters. The van der Waals surface area contributed by atoms with E-state index < -0.39 is 29.8 Å². The molecule has 0 radical (unpaired) electrons. The van der Waals surface area contributed by atoms with Crippen molar-refractivity contribution < 1.29 is 59.0 Å². The first-order chi connectivity index (χ1) is 21.4. The number of benzene rings is 2. The molecular formula is C31H38N2O12. The van der Waals surface area contributed by atoms with Crippen LogP contribution in [0.3, 0.4) is 0 Å². The van der Waals surface area contributed by atoms with Gasteiger partial charge in [0.25, 0.3) is 0 Å². The zero-order valence-corrected chi connectivity index (χ0v) is 24.7. The maximum atomic E-state index is 10.7. The highest BCUT2D eigenvalue weighted by atomic mass is 16.5. The van der Waals surface area contributed by atoms with Crippen LogP contribution in [0.15, 0.2) is 78.9 Å². The lowest BCUT2D eigenvalue weighted by molar-refractivity contribution is -0.137. The van der Waals surface area contributed by atoms with Crippen molar-refractivity contribution in [2.45, 2.75) is 12.5 Å². The summed E-state index contributed by atoms with van der Waals surface area (Å²) in [4.78, 5) is 53.5. The van der Waals surface area contributed by atoms with Crippen LogP contribution < -0.4 is 4.74 Å². The van der Waals surface area contributed by atoms with Crippen LogP contribution in [0.5, 0.6) is 5.75 Å². The third-order valence-corrected chi connectivity index (χ3v) is 6.06. The average Bonchev–Trinajstić information content (AvgIpc) is 3.02. The van der Waals surface area contributed by atoms with E-state index in [4.69, 9.17) is 35.0 Å². The van der Waals surface area contributed by atoms with Crippen LogP contribution in [0.1, 0.15) is 23.7 Å². The molecule has 1 fully saturated rings. The van der Waals surface area contributed by atoms with Crippen LogP contribution >= 0.6 is 0 Å². The minimum absolute atomic E-state index is 0.177. The van der Waals surface area contributed by atoms with Gasteiger partial charge in [-0.3, -0.25) is 9.69 Å². The summed E-state index contributed by atoms with van der Waals surface area (Å²) >= 11 is 0. The van der Waals surface area contributed by atoms with Gasteiger partial charge in [0.1, 0.15) is 11.9 Å². The molecule has 2 aromatic carbocycles. The fraction of sp³-hybridized carbons (Fsp3) is 0.323. The van der Waals surface area contributed by atoms with E-state index in [1.807, 2.05) is 36.4 Å². The van der Waals surface area contributed by atoms with Gasteiger partial charge >= 0.3 is 29.8 Å². The molecule has 0 spiro atoms. The first-order valence-electron chi connectivity index (χ1n) is 13.7. The molecule has 0 amide bonds. The molecule has 0 bridgehead atoms. The summed E-state index contributed by atoms with van der Waals surface area (Å²) in [5.74, 6) is -4.93. The minimum Gasteiger partial charge on any atom is -0.496 e. The van der Waals surface area contributed by atoms with Crippen LogP contribution in [0.2, 0.25) is 0 Å². The predicted molar refractivity (Wildman–Crippen MR) is 161 cm³/mol. The number of carboxylic acid groups (broad SMARTS) is 5. The second kappa shape index (κ2) is 21.6. The van der Waals surface area contributed by atoms with Crippen molar-refractivity contribution in [3.63, 3.8) is 0 Å². The lowest BCUT2D eigenvalue weighted by Crippen LogP contribution is -2.47. The number of aliphatic carboxylic acids is 5. The van der Waals surface area contributed by atoms with Crippen molar-refractivity contribution in [3.05, 3.63) is 90.0 Å². The molecule has 1 heterocycles. The number of hydrogen-bond acceptors (Lipinski definition) is 9. The third-order valence-electron chi connectivity index (χ3n) is 6.06. The molecule has 244 valence electrons. The lowest BCUT2D eigenvalue weighted by Gasteiger charge is -2.34. The highest BCUT2D eigenvalue weighted by Crippen LogP contribution is 2.32. The zero-order valence-electron chi connectivity index (χ0n) is 24.7. The van der Waals surface area contributed by atoms with Gasteiger partial charge < -0.3 is 39.9 Å². The Morgan fingerprint density at radius 3 is 1.58 bits per heavy atom. The summed E-state index contributed by atoms with van der Waals surface area (Å²) in [5, 5.41) is 40.1. The second-order valence-electron chi connectivity index (χ2n) is 9.25. The Hall–Kier alpha value is -5.05. The molecule has 1 aliphatic heterocycles. The molecule has 14 nitrogen and oxygen atoms in total. The Morgan fingerprint density at radius 1 is 0.689 bits per heavy atom. The number of carbonyl (C=O) groups is 5. The smallest absolute Gasteiger partial charge is 0.328 e. The number of rotatable bonds is 14. The molecule has 2 aromatic rings. The number of hydrogen-bond donors (Lipinski definition) is 5. The van der Waals surface area contributed by atoms with Gasteiger partial charge in [-0.1, -0.05) is 48.5 Å². The van der Waals surface area contributed by atoms with Crippen LogP contribution in [-0.2, 0) is 28.7 Å². The number of nitrogens with zero attached hydrogens (tertiary/aromatic N) is 2. The topological polar surface area (TPSA) is 211 Å². The van der Waals surface area contributed by atoms with Crippen LogP contribution in [0.25, 0.3) is 0 Å². The Balaban J connectivity index is 0.000000521. The predicted octanol–water partition coefficient (Wildman–Crippen LogP) is 2.32. The molecule has 1 saturated heterocycles. The summed E-state index contributed by atoms with van der Waals surface area (Å²) < 4.78 is 11.9. The van der Waals surface area contributed by atoms with Gasteiger partial charge in [0.15, 0.2) is 0 Å². The number of ether oxygens (including phenoxy) is 2. The molecule has 5 N–H and O–H groups in total. The first-order valence-corrected chi connectivity index (χ1v) is 13.7. The standard InChI is InChI=1S/C23H30N2O4.2C4H4O4/c1-28-21-10-6-5-9-20(21)23(19-7-3-2-4-8-19)29-18-17-25-15-13-24(14-16-25)12-11-22(26)27;2*5-3(6)1-2-4(7)8/h2-10,23H,11-18H2,1H3,(H,26,27);2*1-2H,(H,5,6)(H,7,8)/b;2*2-1+. The molecular weight excluding hydrogens is 592 g/mol. The molecule has 3 rings (SSSR count). The highest BCUT2D eigenvalue weighted by molar-refractivity contribution is 5.90. The van der Waals surface area contributed by atoms with Gasteiger partial charge in [-0.05, 0) is 11.6 Å². The summed E-state index contributed by atoms with van der Waals surface area (Å²) in [6.45, 7) is 5.78. The first kappa shape index (κ1) is 38.0. The van der Waals surface area contributed by atoms with E-state index in [1.54, 1.807) is 7.11 Å². The van der Waals surface area contributed by atoms with Gasteiger partial charge in [0, 0.05) is 69.1 Å². The van der Waals surface area contributed by atoms with E-state index in [-0.39, 0.29) is 12.5 Å². The number of para-hydroxylation sites is 1. The van der Waals surface area contributed by atoms with E-state index in [0.29, 0.717) is 37.5 Å². The van der Waals surface area contributed by atoms with Gasteiger partial charge in [-0.25, -0.2) is 19.2 Å². The second-order valence-corrected chi connectivity index (χ2v) is 9.25. The van der Waals surface area contributed by atoms with Crippen molar-refractivity contribution in [2.24, 2.45) is 0 Å². The van der Waals surface area contributed by atoms with Crippen LogP contribution in [-0.4, -0.2) is 118 Å². The Bertz CT molecular complexity index is 1220. The SMILES string of the molecule is COc1ccccc1C(OCCN1CCN(CCC(=O)O)CC1)c1ccccc1.O=C(O)/C=C/C(=O)O.O=C(O)/C=C/C(=O)O. The molecule has 45 heavy (non-hydrogen) atoms. The number of carboxylic acids is 5. The zero-order chi connectivity index (χ0) is 33.6. The van der Waals surface area contributed by atoms with Gasteiger partial charge in [-0.2, -0.15) is 0 Å². The maximum absolute atomic E-state index is 10.7. The van der Waals surface area contributed by atoms with Crippen molar-refractivity contribution >= 4 is 29.8 Å². The van der Waals surface area contributed by atoms with E-state index in [9.17, 15) is 24.0 Å². The van der Waals surface area contributed by atoms with E-state index >= 15 is 0 Å². The Morgan fingerprint density at radius 2 is 1.13 bits per heavy atom. The molecule has 0 aliphatic carbocycles. The fourth-order valence-electron chi connectivity index (χ4n) is 3.95. The monoisotopic (exact) mass is 630 g/mol. The van der Waals surface area contributed by atoms with Crippen molar-refractivity contribution in [1.29, 1.82) is 0 Å². The molecule has 0 aromatic heterocycles. The van der Waals surface area contributed by atoms with Crippen LogP contribution in [0.4, 0.5) is 0 Å². The van der Waals surface area contributed by atoms with Crippen molar-refractivity contribution in [2.75, 3.05) is 53.0 Å². The van der Waals surface area contributed by atoms with E-state index in [0.717, 1.165) is 49.6 Å². The number of methoxy groups -OCH3 is 1. The normalized spacial score (nSPS) is 14.0. The molecule has 1 aliphatic rings. The summed E-state index contributed by atoms with van der Waals surface area (Å²) in [7, 11) is 1.69. The molecule has 1 unspecified atom stereocenters. The average molecular weight is 631 g/mol.